The Morgan fingerprint density at radius 2 is 1.75 bits per heavy atom. The van der Waals surface area contributed by atoms with E-state index in [2.05, 4.69) is 5.16 Å². The molecule has 0 fully saturated rings. The molecule has 0 spiro atoms. The second-order valence-electron chi connectivity index (χ2n) is 5.93. The van der Waals surface area contributed by atoms with Gasteiger partial charge in [0.2, 0.25) is 6.79 Å². The summed E-state index contributed by atoms with van der Waals surface area (Å²) in [5, 5.41) is 3.95. The van der Waals surface area contributed by atoms with Gasteiger partial charge in [0.25, 0.3) is 0 Å². The lowest BCUT2D eigenvalue weighted by Gasteiger charge is -2.08. The second-order valence-corrected chi connectivity index (χ2v) is 5.93. The lowest BCUT2D eigenvalue weighted by atomic mass is 10.1. The lowest BCUT2D eigenvalue weighted by molar-refractivity contribution is 0.0463. The van der Waals surface area contributed by atoms with Crippen LogP contribution in [0.15, 0.2) is 47.0 Å². The summed E-state index contributed by atoms with van der Waals surface area (Å²) in [6, 6.07) is 12.0. The molecule has 0 atom stereocenters. The summed E-state index contributed by atoms with van der Waals surface area (Å²) in [4.78, 5) is 12.3. The third-order valence-corrected chi connectivity index (χ3v) is 4.15. The van der Waals surface area contributed by atoms with E-state index in [1.165, 1.54) is 14.2 Å². The second kappa shape index (κ2) is 7.51. The normalized spacial score (nSPS) is 11.9. The standard InChI is InChI=1S/C20H17NO7/c1-23-15-5-13(6-16(9-15)24-2)20(22)25-10-14-8-18(28-21-14)12-3-4-17-19(7-12)27-11-26-17/h3-9H,10-11H2,1-2H3. The van der Waals surface area contributed by atoms with Gasteiger partial charge in [0.15, 0.2) is 17.3 Å². The van der Waals surface area contributed by atoms with Crippen molar-refractivity contribution in [2.75, 3.05) is 21.0 Å². The van der Waals surface area contributed by atoms with Crippen molar-refractivity contribution in [1.29, 1.82) is 0 Å². The Morgan fingerprint density at radius 3 is 2.50 bits per heavy atom. The number of carbonyl (C=O) groups excluding carboxylic acids is 1. The molecule has 28 heavy (non-hydrogen) atoms. The number of nitrogens with zero attached hydrogens (tertiary/aromatic N) is 1. The van der Waals surface area contributed by atoms with Crippen LogP contribution in [-0.2, 0) is 11.3 Å². The van der Waals surface area contributed by atoms with Gasteiger partial charge in [-0.15, -0.1) is 0 Å². The summed E-state index contributed by atoms with van der Waals surface area (Å²) in [5.41, 5.74) is 1.58. The van der Waals surface area contributed by atoms with Crippen LogP contribution in [0.25, 0.3) is 11.3 Å². The molecule has 8 heteroatoms. The first-order valence-electron chi connectivity index (χ1n) is 8.42. The number of hydrogen-bond acceptors (Lipinski definition) is 8. The van der Waals surface area contributed by atoms with Crippen molar-refractivity contribution in [2.24, 2.45) is 0 Å². The minimum Gasteiger partial charge on any atom is -0.497 e. The lowest BCUT2D eigenvalue weighted by Crippen LogP contribution is -2.06. The van der Waals surface area contributed by atoms with Gasteiger partial charge in [0.05, 0.1) is 19.8 Å². The van der Waals surface area contributed by atoms with Crippen LogP contribution in [0.5, 0.6) is 23.0 Å². The molecule has 144 valence electrons. The number of methoxy groups -OCH3 is 2. The van der Waals surface area contributed by atoms with Gasteiger partial charge in [-0.3, -0.25) is 0 Å². The van der Waals surface area contributed by atoms with Crippen molar-refractivity contribution in [2.45, 2.75) is 6.61 Å². The molecule has 2 heterocycles. The number of ether oxygens (including phenoxy) is 5. The zero-order valence-electron chi connectivity index (χ0n) is 15.3. The molecule has 0 saturated heterocycles. The van der Waals surface area contributed by atoms with E-state index in [-0.39, 0.29) is 13.4 Å². The van der Waals surface area contributed by atoms with Gasteiger partial charge in [-0.1, -0.05) is 5.16 Å². The summed E-state index contributed by atoms with van der Waals surface area (Å²) >= 11 is 0. The zero-order valence-corrected chi connectivity index (χ0v) is 15.3. The van der Waals surface area contributed by atoms with E-state index in [1.807, 2.05) is 6.07 Å². The SMILES string of the molecule is COc1cc(OC)cc(C(=O)OCc2cc(-c3ccc4c(c3)OCO4)on2)c1. The first-order chi connectivity index (χ1) is 13.7. The Kier molecular flexibility index (Phi) is 4.76. The van der Waals surface area contributed by atoms with E-state index in [0.717, 1.165) is 5.56 Å². The Labute approximate surface area is 160 Å². The first-order valence-corrected chi connectivity index (χ1v) is 8.42. The molecule has 0 saturated carbocycles. The maximum Gasteiger partial charge on any atom is 0.338 e. The highest BCUT2D eigenvalue weighted by atomic mass is 16.7. The van der Waals surface area contributed by atoms with Crippen LogP contribution in [0.3, 0.4) is 0 Å². The predicted octanol–water partition coefficient (Wildman–Crippen LogP) is 3.44. The third-order valence-electron chi connectivity index (χ3n) is 4.15. The number of rotatable bonds is 6. The van der Waals surface area contributed by atoms with Crippen LogP contribution < -0.4 is 18.9 Å². The Bertz CT molecular complexity index is 989. The quantitative estimate of drug-likeness (QED) is 0.598. The first kappa shape index (κ1) is 17.7. The number of benzene rings is 2. The number of carbonyl (C=O) groups is 1. The summed E-state index contributed by atoms with van der Waals surface area (Å²) in [6.45, 7) is 0.165. The fraction of sp³-hybridized carbons (Fsp3) is 0.200. The molecule has 2 aromatic carbocycles. The minimum atomic E-state index is -0.523. The minimum absolute atomic E-state index is 0.0353. The van der Waals surface area contributed by atoms with Gasteiger partial charge in [-0.05, 0) is 30.3 Å². The predicted molar refractivity (Wildman–Crippen MR) is 96.7 cm³/mol. The van der Waals surface area contributed by atoms with Gasteiger partial charge >= 0.3 is 5.97 Å². The maximum absolute atomic E-state index is 12.3. The van der Waals surface area contributed by atoms with Crippen LogP contribution in [0.4, 0.5) is 0 Å². The number of aromatic nitrogens is 1. The summed E-state index contributed by atoms with van der Waals surface area (Å²) in [5.74, 6) is 2.34. The monoisotopic (exact) mass is 383 g/mol. The molecule has 0 N–H and O–H groups in total. The smallest absolute Gasteiger partial charge is 0.338 e. The van der Waals surface area contributed by atoms with Gasteiger partial charge < -0.3 is 28.2 Å². The van der Waals surface area contributed by atoms with Crippen molar-refractivity contribution < 1.29 is 33.0 Å². The summed E-state index contributed by atoms with van der Waals surface area (Å²) in [7, 11) is 3.02. The molecule has 0 aliphatic carbocycles. The van der Waals surface area contributed by atoms with Crippen LogP contribution >= 0.6 is 0 Å². The average Bonchev–Trinajstić information content (AvgIpc) is 3.40. The van der Waals surface area contributed by atoms with Crippen LogP contribution in [0.2, 0.25) is 0 Å². The maximum atomic E-state index is 12.3. The van der Waals surface area contributed by atoms with E-state index in [4.69, 9.17) is 28.2 Å². The molecule has 4 rings (SSSR count). The number of hydrogen-bond donors (Lipinski definition) is 0. The van der Waals surface area contributed by atoms with Crippen LogP contribution in [0.1, 0.15) is 16.1 Å². The molecule has 3 aromatic rings. The van der Waals surface area contributed by atoms with E-state index in [9.17, 15) is 4.79 Å². The van der Waals surface area contributed by atoms with Crippen LogP contribution in [0, 0.1) is 0 Å². The Morgan fingerprint density at radius 1 is 1.00 bits per heavy atom. The highest BCUT2D eigenvalue weighted by Gasteiger charge is 2.17. The molecule has 0 amide bonds. The van der Waals surface area contributed by atoms with Crippen molar-refractivity contribution in [1.82, 2.24) is 5.16 Å². The van der Waals surface area contributed by atoms with Crippen LogP contribution in [-0.4, -0.2) is 32.1 Å². The Hall–Kier alpha value is -3.68. The molecule has 1 aliphatic rings. The molecule has 0 bridgehead atoms. The third kappa shape index (κ3) is 3.57. The van der Waals surface area contributed by atoms with Gasteiger partial charge in [0.1, 0.15) is 23.8 Å². The summed E-state index contributed by atoms with van der Waals surface area (Å²) in [6.07, 6.45) is 0. The molecular formula is C20H17NO7. The largest absolute Gasteiger partial charge is 0.497 e. The number of esters is 1. The van der Waals surface area contributed by atoms with E-state index < -0.39 is 5.97 Å². The van der Waals surface area contributed by atoms with Gasteiger partial charge in [-0.25, -0.2) is 4.79 Å². The van der Waals surface area contributed by atoms with Gasteiger partial charge in [-0.2, -0.15) is 0 Å². The molecule has 8 nitrogen and oxygen atoms in total. The molecule has 0 radical (unpaired) electrons. The van der Waals surface area contributed by atoms with Crippen molar-refractivity contribution >= 4 is 5.97 Å². The topological polar surface area (TPSA) is 89.3 Å². The van der Waals surface area contributed by atoms with Gasteiger partial charge in [0, 0.05) is 17.7 Å². The fourth-order valence-electron chi connectivity index (χ4n) is 2.71. The Balaban J connectivity index is 1.44. The molecule has 1 aromatic heterocycles. The van der Waals surface area contributed by atoms with Crippen molar-refractivity contribution in [3.05, 3.63) is 53.7 Å². The van der Waals surface area contributed by atoms with E-state index >= 15 is 0 Å². The fourth-order valence-corrected chi connectivity index (χ4v) is 2.71. The summed E-state index contributed by atoms with van der Waals surface area (Å²) < 4.78 is 31.6. The van der Waals surface area contributed by atoms with E-state index in [0.29, 0.717) is 40.0 Å². The van der Waals surface area contributed by atoms with E-state index in [1.54, 1.807) is 36.4 Å². The van der Waals surface area contributed by atoms with Crippen molar-refractivity contribution in [3.63, 3.8) is 0 Å². The van der Waals surface area contributed by atoms with Crippen molar-refractivity contribution in [3.8, 4) is 34.3 Å². The molecular weight excluding hydrogens is 366 g/mol. The molecule has 0 unspecified atom stereocenters. The zero-order chi connectivity index (χ0) is 19.5. The molecule has 1 aliphatic heterocycles. The highest BCUT2D eigenvalue weighted by Crippen LogP contribution is 2.36. The number of fused-ring (bicyclic) bond motifs is 1. The average molecular weight is 383 g/mol. The highest BCUT2D eigenvalue weighted by molar-refractivity contribution is 5.90.